The van der Waals surface area contributed by atoms with Crippen molar-refractivity contribution in [2.24, 2.45) is 0 Å². The Kier molecular flexibility index (Phi) is 2.47. The first-order valence-electron chi connectivity index (χ1n) is 4.87. The maximum absolute atomic E-state index is 9.61. The first kappa shape index (κ1) is 9.54. The van der Waals surface area contributed by atoms with Gasteiger partial charge in [0.05, 0.1) is 6.10 Å². The van der Waals surface area contributed by atoms with E-state index in [0.717, 1.165) is 6.42 Å². The van der Waals surface area contributed by atoms with Gasteiger partial charge in [-0.3, -0.25) is 0 Å². The second-order valence-corrected chi connectivity index (χ2v) is 3.58. The molecule has 2 rings (SSSR count). The van der Waals surface area contributed by atoms with Gasteiger partial charge in [0.15, 0.2) is 5.82 Å². The van der Waals surface area contributed by atoms with Crippen molar-refractivity contribution in [3.05, 3.63) is 5.82 Å². The molecule has 1 fully saturated rings. The van der Waals surface area contributed by atoms with E-state index in [9.17, 15) is 10.2 Å². The van der Waals surface area contributed by atoms with Gasteiger partial charge in [0, 0.05) is 6.42 Å². The minimum atomic E-state index is -0.770. The summed E-state index contributed by atoms with van der Waals surface area (Å²) in [6, 6.07) is -0.224. The standard InChI is InChI=1S/C8H14N4O2/c1-2-7-9-11-12(10-7)5-3-4-6(13)8(5)14/h5-6,8,13-14H,2-4H2,1H3. The summed E-state index contributed by atoms with van der Waals surface area (Å²) in [6.45, 7) is 1.95. The Hall–Kier alpha value is -1.01. The molecule has 1 saturated carbocycles. The molecule has 78 valence electrons. The van der Waals surface area contributed by atoms with Crippen LogP contribution in [-0.2, 0) is 6.42 Å². The van der Waals surface area contributed by atoms with E-state index in [0.29, 0.717) is 18.7 Å². The van der Waals surface area contributed by atoms with Crippen LogP contribution < -0.4 is 0 Å². The molecule has 1 heterocycles. The first-order chi connectivity index (χ1) is 6.72. The van der Waals surface area contributed by atoms with Crippen molar-refractivity contribution >= 4 is 0 Å². The normalized spacial score (nSPS) is 32.4. The van der Waals surface area contributed by atoms with Crippen LogP contribution in [0.2, 0.25) is 0 Å². The number of aryl methyl sites for hydroxylation is 1. The number of aliphatic hydroxyl groups is 2. The fraction of sp³-hybridized carbons (Fsp3) is 0.875. The van der Waals surface area contributed by atoms with Crippen molar-refractivity contribution in [3.63, 3.8) is 0 Å². The molecule has 0 spiro atoms. The molecule has 1 aliphatic rings. The lowest BCUT2D eigenvalue weighted by atomic mass is 10.2. The first-order valence-corrected chi connectivity index (χ1v) is 4.87. The smallest absolute Gasteiger partial charge is 0.174 e. The average Bonchev–Trinajstić information content (AvgIpc) is 2.75. The Morgan fingerprint density at radius 2 is 2.21 bits per heavy atom. The van der Waals surface area contributed by atoms with E-state index >= 15 is 0 Å². The van der Waals surface area contributed by atoms with Gasteiger partial charge in [-0.2, -0.15) is 4.80 Å². The van der Waals surface area contributed by atoms with Gasteiger partial charge in [-0.1, -0.05) is 6.92 Å². The molecule has 3 unspecified atom stereocenters. The summed E-state index contributed by atoms with van der Waals surface area (Å²) in [5.41, 5.74) is 0. The summed E-state index contributed by atoms with van der Waals surface area (Å²) < 4.78 is 0. The highest BCUT2D eigenvalue weighted by Crippen LogP contribution is 2.28. The second kappa shape index (κ2) is 3.62. The lowest BCUT2D eigenvalue weighted by Gasteiger charge is -2.14. The largest absolute Gasteiger partial charge is 0.390 e. The molecule has 14 heavy (non-hydrogen) atoms. The number of aromatic nitrogens is 4. The summed E-state index contributed by atoms with van der Waals surface area (Å²) in [7, 11) is 0. The zero-order valence-electron chi connectivity index (χ0n) is 8.04. The van der Waals surface area contributed by atoms with Crippen LogP contribution in [0.3, 0.4) is 0 Å². The van der Waals surface area contributed by atoms with E-state index in [4.69, 9.17) is 0 Å². The molecule has 2 N–H and O–H groups in total. The van der Waals surface area contributed by atoms with Crippen molar-refractivity contribution in [2.75, 3.05) is 0 Å². The van der Waals surface area contributed by atoms with Crippen LogP contribution in [0.25, 0.3) is 0 Å². The Bertz CT molecular complexity index is 314. The van der Waals surface area contributed by atoms with E-state index in [2.05, 4.69) is 15.4 Å². The summed E-state index contributed by atoms with van der Waals surface area (Å²) in [6.07, 6.45) is 0.590. The molecule has 0 saturated heterocycles. The van der Waals surface area contributed by atoms with E-state index in [1.54, 1.807) is 0 Å². The highest BCUT2D eigenvalue weighted by Gasteiger charge is 2.36. The van der Waals surface area contributed by atoms with Gasteiger partial charge >= 0.3 is 0 Å². The molecule has 1 aliphatic carbocycles. The van der Waals surface area contributed by atoms with Crippen molar-refractivity contribution < 1.29 is 10.2 Å². The van der Waals surface area contributed by atoms with Crippen LogP contribution in [0.1, 0.15) is 31.6 Å². The molecule has 1 aromatic rings. The molecular formula is C8H14N4O2. The molecule has 3 atom stereocenters. The molecule has 0 radical (unpaired) electrons. The van der Waals surface area contributed by atoms with Crippen LogP contribution in [0.15, 0.2) is 0 Å². The van der Waals surface area contributed by atoms with Crippen molar-refractivity contribution in [3.8, 4) is 0 Å². The number of tetrazole rings is 1. The molecule has 0 aliphatic heterocycles. The number of aliphatic hydroxyl groups excluding tert-OH is 2. The molecule has 6 nitrogen and oxygen atoms in total. The molecule has 6 heteroatoms. The van der Waals surface area contributed by atoms with Gasteiger partial charge < -0.3 is 10.2 Å². The van der Waals surface area contributed by atoms with Gasteiger partial charge in [0.1, 0.15) is 12.1 Å². The third kappa shape index (κ3) is 1.51. The number of nitrogens with zero attached hydrogens (tertiary/aromatic N) is 4. The highest BCUT2D eigenvalue weighted by molar-refractivity contribution is 4.87. The predicted octanol–water partition coefficient (Wildman–Crippen LogP) is -0.708. The highest BCUT2D eigenvalue weighted by atomic mass is 16.3. The number of hydrogen-bond donors (Lipinski definition) is 2. The van der Waals surface area contributed by atoms with Crippen LogP contribution in [-0.4, -0.2) is 42.6 Å². The SMILES string of the molecule is CCc1nnn(C2CCC(O)C2O)n1. The lowest BCUT2D eigenvalue weighted by Crippen LogP contribution is -2.28. The quantitative estimate of drug-likeness (QED) is 0.656. The Morgan fingerprint density at radius 3 is 2.71 bits per heavy atom. The maximum Gasteiger partial charge on any atom is 0.174 e. The third-order valence-corrected chi connectivity index (χ3v) is 2.63. The third-order valence-electron chi connectivity index (χ3n) is 2.63. The van der Waals surface area contributed by atoms with Gasteiger partial charge in [0.25, 0.3) is 0 Å². The summed E-state index contributed by atoms with van der Waals surface area (Å²) in [5, 5.41) is 30.8. The molecule has 0 aromatic carbocycles. The minimum Gasteiger partial charge on any atom is -0.390 e. The van der Waals surface area contributed by atoms with E-state index in [1.165, 1.54) is 4.80 Å². The van der Waals surface area contributed by atoms with Crippen LogP contribution in [0.5, 0.6) is 0 Å². The lowest BCUT2D eigenvalue weighted by molar-refractivity contribution is 0.0178. The van der Waals surface area contributed by atoms with Crippen LogP contribution in [0, 0.1) is 0 Å². The fourth-order valence-corrected chi connectivity index (χ4v) is 1.73. The van der Waals surface area contributed by atoms with E-state index in [1.807, 2.05) is 6.92 Å². The van der Waals surface area contributed by atoms with Gasteiger partial charge in [-0.15, -0.1) is 10.2 Å². The van der Waals surface area contributed by atoms with Crippen molar-refractivity contribution in [2.45, 2.75) is 44.4 Å². The Balaban J connectivity index is 2.15. The second-order valence-electron chi connectivity index (χ2n) is 3.58. The monoisotopic (exact) mass is 198 g/mol. The Labute approximate surface area is 81.6 Å². The molecule has 0 bridgehead atoms. The van der Waals surface area contributed by atoms with E-state index < -0.39 is 12.2 Å². The van der Waals surface area contributed by atoms with Crippen molar-refractivity contribution in [1.29, 1.82) is 0 Å². The van der Waals surface area contributed by atoms with Gasteiger partial charge in [0.2, 0.25) is 0 Å². The minimum absolute atomic E-state index is 0.224. The fourth-order valence-electron chi connectivity index (χ4n) is 1.73. The summed E-state index contributed by atoms with van der Waals surface area (Å²) in [5.74, 6) is 0.665. The zero-order chi connectivity index (χ0) is 10.1. The molecular weight excluding hydrogens is 184 g/mol. The topological polar surface area (TPSA) is 84.1 Å². The Morgan fingerprint density at radius 1 is 1.43 bits per heavy atom. The zero-order valence-corrected chi connectivity index (χ0v) is 8.04. The number of hydrogen-bond acceptors (Lipinski definition) is 5. The average molecular weight is 198 g/mol. The van der Waals surface area contributed by atoms with Crippen molar-refractivity contribution in [1.82, 2.24) is 20.2 Å². The van der Waals surface area contributed by atoms with E-state index in [-0.39, 0.29) is 6.04 Å². The molecule has 1 aromatic heterocycles. The van der Waals surface area contributed by atoms with Gasteiger partial charge in [-0.25, -0.2) is 0 Å². The van der Waals surface area contributed by atoms with Crippen LogP contribution >= 0.6 is 0 Å². The number of rotatable bonds is 2. The summed E-state index contributed by atoms with van der Waals surface area (Å²) in [4.78, 5) is 1.42. The van der Waals surface area contributed by atoms with Crippen LogP contribution in [0.4, 0.5) is 0 Å². The summed E-state index contributed by atoms with van der Waals surface area (Å²) >= 11 is 0. The predicted molar refractivity (Wildman–Crippen MR) is 47.5 cm³/mol. The maximum atomic E-state index is 9.61. The van der Waals surface area contributed by atoms with Gasteiger partial charge in [-0.05, 0) is 18.1 Å². The molecule has 0 amide bonds.